The SMILES string of the molecule is NCCc1c(C2CCC2)nc2n1CCCN2. The van der Waals surface area contributed by atoms with Gasteiger partial charge in [0.05, 0.1) is 5.69 Å². The van der Waals surface area contributed by atoms with Crippen LogP contribution in [-0.2, 0) is 13.0 Å². The van der Waals surface area contributed by atoms with E-state index in [1.807, 2.05) is 0 Å². The van der Waals surface area contributed by atoms with Gasteiger partial charge < -0.3 is 15.6 Å². The van der Waals surface area contributed by atoms with E-state index in [1.165, 1.54) is 37.1 Å². The number of aromatic nitrogens is 2. The monoisotopic (exact) mass is 220 g/mol. The molecule has 0 unspecified atom stereocenters. The van der Waals surface area contributed by atoms with Gasteiger partial charge in [-0.3, -0.25) is 0 Å². The van der Waals surface area contributed by atoms with Crippen LogP contribution in [0.3, 0.4) is 0 Å². The smallest absolute Gasteiger partial charge is 0.203 e. The fraction of sp³-hybridized carbons (Fsp3) is 0.750. The summed E-state index contributed by atoms with van der Waals surface area (Å²) in [6.07, 6.45) is 6.16. The van der Waals surface area contributed by atoms with Crippen LogP contribution in [0.5, 0.6) is 0 Å². The minimum absolute atomic E-state index is 0.710. The molecule has 1 aromatic rings. The molecule has 2 aliphatic rings. The van der Waals surface area contributed by atoms with Crippen LogP contribution in [0.15, 0.2) is 0 Å². The molecule has 1 saturated carbocycles. The van der Waals surface area contributed by atoms with Gasteiger partial charge in [-0.1, -0.05) is 6.42 Å². The molecule has 3 rings (SSSR count). The zero-order chi connectivity index (χ0) is 11.0. The number of nitrogens with one attached hydrogen (secondary N) is 1. The Morgan fingerprint density at radius 2 is 2.25 bits per heavy atom. The van der Waals surface area contributed by atoms with Crippen molar-refractivity contribution >= 4 is 5.95 Å². The lowest BCUT2D eigenvalue weighted by Crippen LogP contribution is -2.20. The van der Waals surface area contributed by atoms with Crippen LogP contribution in [0.25, 0.3) is 0 Å². The van der Waals surface area contributed by atoms with E-state index in [9.17, 15) is 0 Å². The number of rotatable bonds is 3. The molecule has 0 saturated heterocycles. The average molecular weight is 220 g/mol. The van der Waals surface area contributed by atoms with Crippen molar-refractivity contribution in [2.75, 3.05) is 18.4 Å². The summed E-state index contributed by atoms with van der Waals surface area (Å²) in [7, 11) is 0. The minimum atomic E-state index is 0.710. The van der Waals surface area contributed by atoms with Crippen molar-refractivity contribution in [2.45, 2.75) is 44.6 Å². The molecule has 88 valence electrons. The van der Waals surface area contributed by atoms with E-state index in [2.05, 4.69) is 9.88 Å². The Morgan fingerprint density at radius 3 is 2.94 bits per heavy atom. The zero-order valence-electron chi connectivity index (χ0n) is 9.71. The van der Waals surface area contributed by atoms with Gasteiger partial charge >= 0.3 is 0 Å². The first kappa shape index (κ1) is 10.1. The second-order valence-corrected chi connectivity index (χ2v) is 4.87. The molecule has 0 spiro atoms. The Kier molecular flexibility index (Phi) is 2.59. The molecule has 0 radical (unpaired) electrons. The third-order valence-electron chi connectivity index (χ3n) is 3.82. The third kappa shape index (κ3) is 1.52. The quantitative estimate of drug-likeness (QED) is 0.811. The normalized spacial score (nSPS) is 20.1. The molecule has 4 heteroatoms. The number of fused-ring (bicyclic) bond motifs is 1. The van der Waals surface area contributed by atoms with E-state index in [0.29, 0.717) is 5.92 Å². The molecule has 4 nitrogen and oxygen atoms in total. The molecule has 0 bridgehead atoms. The van der Waals surface area contributed by atoms with E-state index < -0.39 is 0 Å². The van der Waals surface area contributed by atoms with Gasteiger partial charge in [-0.25, -0.2) is 4.98 Å². The molecule has 0 atom stereocenters. The fourth-order valence-electron chi connectivity index (χ4n) is 2.73. The number of nitrogens with zero attached hydrogens (tertiary/aromatic N) is 2. The maximum Gasteiger partial charge on any atom is 0.203 e. The predicted molar refractivity (Wildman–Crippen MR) is 64.7 cm³/mol. The van der Waals surface area contributed by atoms with Crippen LogP contribution < -0.4 is 11.1 Å². The molecule has 1 aromatic heterocycles. The molecule has 2 heterocycles. The van der Waals surface area contributed by atoms with E-state index in [0.717, 1.165) is 32.0 Å². The number of hydrogen-bond acceptors (Lipinski definition) is 3. The standard InChI is InChI=1S/C12H20N4/c13-6-5-10-11(9-3-1-4-9)15-12-14-7-2-8-16(10)12/h9H,1-8,13H2,(H,14,15). The van der Waals surface area contributed by atoms with E-state index in [1.54, 1.807) is 0 Å². The van der Waals surface area contributed by atoms with Crippen LogP contribution in [-0.4, -0.2) is 22.6 Å². The summed E-state index contributed by atoms with van der Waals surface area (Å²) in [5, 5.41) is 3.40. The lowest BCUT2D eigenvalue weighted by Gasteiger charge is -2.25. The summed E-state index contributed by atoms with van der Waals surface area (Å²) in [6, 6.07) is 0. The van der Waals surface area contributed by atoms with Gasteiger partial charge in [0.1, 0.15) is 0 Å². The molecule has 1 aliphatic heterocycles. The molecule has 0 amide bonds. The highest BCUT2D eigenvalue weighted by molar-refractivity contribution is 5.38. The van der Waals surface area contributed by atoms with Crippen molar-refractivity contribution in [3.8, 4) is 0 Å². The van der Waals surface area contributed by atoms with Crippen LogP contribution >= 0.6 is 0 Å². The molecular weight excluding hydrogens is 200 g/mol. The summed E-state index contributed by atoms with van der Waals surface area (Å²) in [5.41, 5.74) is 8.45. The summed E-state index contributed by atoms with van der Waals surface area (Å²) in [5.74, 6) is 1.79. The van der Waals surface area contributed by atoms with Crippen molar-refractivity contribution in [2.24, 2.45) is 5.73 Å². The van der Waals surface area contributed by atoms with Gasteiger partial charge in [-0.2, -0.15) is 0 Å². The van der Waals surface area contributed by atoms with Crippen molar-refractivity contribution in [3.05, 3.63) is 11.4 Å². The van der Waals surface area contributed by atoms with Crippen molar-refractivity contribution in [1.82, 2.24) is 9.55 Å². The predicted octanol–water partition coefficient (Wildman–Crippen LogP) is 1.47. The van der Waals surface area contributed by atoms with Crippen molar-refractivity contribution in [1.29, 1.82) is 0 Å². The third-order valence-corrected chi connectivity index (χ3v) is 3.82. The number of nitrogens with two attached hydrogens (primary N) is 1. The Bertz CT molecular complexity index is 379. The van der Waals surface area contributed by atoms with Crippen molar-refractivity contribution in [3.63, 3.8) is 0 Å². The van der Waals surface area contributed by atoms with Crippen molar-refractivity contribution < 1.29 is 0 Å². The Labute approximate surface area is 96.2 Å². The maximum atomic E-state index is 5.72. The number of imidazole rings is 1. The fourth-order valence-corrected chi connectivity index (χ4v) is 2.73. The lowest BCUT2D eigenvalue weighted by molar-refractivity contribution is 0.408. The topological polar surface area (TPSA) is 55.9 Å². The zero-order valence-corrected chi connectivity index (χ0v) is 9.71. The maximum absolute atomic E-state index is 5.72. The summed E-state index contributed by atoms with van der Waals surface area (Å²) < 4.78 is 2.35. The van der Waals surface area contributed by atoms with E-state index >= 15 is 0 Å². The molecule has 1 aliphatic carbocycles. The second-order valence-electron chi connectivity index (χ2n) is 4.87. The number of hydrogen-bond donors (Lipinski definition) is 2. The molecule has 0 aromatic carbocycles. The molecule has 3 N–H and O–H groups in total. The van der Waals surface area contributed by atoms with Crippen LogP contribution in [0.4, 0.5) is 5.95 Å². The largest absolute Gasteiger partial charge is 0.356 e. The first-order chi connectivity index (χ1) is 7.90. The Morgan fingerprint density at radius 1 is 1.38 bits per heavy atom. The van der Waals surface area contributed by atoms with Gasteiger partial charge in [0.25, 0.3) is 0 Å². The van der Waals surface area contributed by atoms with Gasteiger partial charge in [-0.05, 0) is 25.8 Å². The first-order valence-corrected chi connectivity index (χ1v) is 6.43. The number of anilines is 1. The highest BCUT2D eigenvalue weighted by atomic mass is 15.2. The molecule has 16 heavy (non-hydrogen) atoms. The van der Waals surface area contributed by atoms with Crippen LogP contribution in [0.1, 0.15) is 43.0 Å². The van der Waals surface area contributed by atoms with Crippen LogP contribution in [0, 0.1) is 0 Å². The minimum Gasteiger partial charge on any atom is -0.356 e. The Balaban J connectivity index is 1.98. The van der Waals surface area contributed by atoms with Gasteiger partial charge in [0.15, 0.2) is 0 Å². The van der Waals surface area contributed by atoms with E-state index in [-0.39, 0.29) is 0 Å². The summed E-state index contributed by atoms with van der Waals surface area (Å²) in [4.78, 5) is 4.79. The second kappa shape index (κ2) is 4.09. The van der Waals surface area contributed by atoms with Crippen LogP contribution in [0.2, 0.25) is 0 Å². The lowest BCUT2D eigenvalue weighted by atomic mass is 9.82. The molecule has 1 fully saturated rings. The summed E-state index contributed by atoms with van der Waals surface area (Å²) >= 11 is 0. The van der Waals surface area contributed by atoms with E-state index in [4.69, 9.17) is 10.7 Å². The van der Waals surface area contributed by atoms with Gasteiger partial charge in [-0.15, -0.1) is 0 Å². The molecular formula is C12H20N4. The Hall–Kier alpha value is -1.03. The van der Waals surface area contributed by atoms with Gasteiger partial charge in [0.2, 0.25) is 5.95 Å². The first-order valence-electron chi connectivity index (χ1n) is 6.43. The highest BCUT2D eigenvalue weighted by Crippen LogP contribution is 2.39. The highest BCUT2D eigenvalue weighted by Gasteiger charge is 2.28. The van der Waals surface area contributed by atoms with Gasteiger partial charge in [0, 0.05) is 31.1 Å². The summed E-state index contributed by atoms with van der Waals surface area (Å²) in [6.45, 7) is 2.89. The average Bonchev–Trinajstić information content (AvgIpc) is 2.56.